The molecule has 0 bridgehead atoms. The van der Waals surface area contributed by atoms with Gasteiger partial charge in [-0.25, -0.2) is 8.78 Å². The predicted octanol–water partition coefficient (Wildman–Crippen LogP) is 3.65. The van der Waals surface area contributed by atoms with E-state index in [1.807, 2.05) is 13.8 Å². The van der Waals surface area contributed by atoms with Crippen molar-refractivity contribution in [3.8, 4) is 0 Å². The number of carbonyl (C=O) groups excluding carboxylic acids is 3. The fraction of sp³-hybridized carbons (Fsp3) is 0.250. The molecule has 0 aliphatic rings. The van der Waals surface area contributed by atoms with Gasteiger partial charge in [-0.1, -0.05) is 26.0 Å². The Morgan fingerprint density at radius 1 is 1.03 bits per heavy atom. The van der Waals surface area contributed by atoms with Gasteiger partial charge in [-0.05, 0) is 65.8 Å². The number of halogens is 2. The van der Waals surface area contributed by atoms with Gasteiger partial charge in [0.25, 0.3) is 11.8 Å². The molecule has 0 aliphatic heterocycles. The van der Waals surface area contributed by atoms with Gasteiger partial charge in [0, 0.05) is 12.2 Å². The topological polar surface area (TPSA) is 131 Å². The molecule has 0 aliphatic carbocycles. The van der Waals surface area contributed by atoms with Crippen molar-refractivity contribution in [2.75, 3.05) is 17.2 Å². The first kappa shape index (κ1) is 25.8. The van der Waals surface area contributed by atoms with Gasteiger partial charge < -0.3 is 16.8 Å². The molecule has 3 aromatic rings. The molecular weight excluding hydrogens is 476 g/mol. The van der Waals surface area contributed by atoms with Crippen LogP contribution in [-0.4, -0.2) is 28.6 Å². The maximum absolute atomic E-state index is 13.8. The fourth-order valence-corrected chi connectivity index (χ4v) is 4.11. The summed E-state index contributed by atoms with van der Waals surface area (Å²) in [6, 6.07) is 8.78. The third-order valence-corrected chi connectivity index (χ3v) is 6.04. The van der Waals surface area contributed by atoms with Crippen molar-refractivity contribution < 1.29 is 23.2 Å². The zero-order valence-electron chi connectivity index (χ0n) is 19.1. The number of primary amides is 1. The van der Waals surface area contributed by atoms with Crippen molar-refractivity contribution in [3.63, 3.8) is 0 Å². The SMILES string of the molecule is CC(C)CCNC(=O)[C@@H](c1ccc(F)cc1)N(C(=O)c1snc(C(N)=O)c1N)c1ccc(F)cc1. The minimum absolute atomic E-state index is 0.120. The van der Waals surface area contributed by atoms with Gasteiger partial charge in [-0.2, -0.15) is 4.37 Å². The molecule has 0 fully saturated rings. The van der Waals surface area contributed by atoms with Crippen LogP contribution in [0.4, 0.5) is 20.2 Å². The van der Waals surface area contributed by atoms with Gasteiger partial charge in [0.05, 0.1) is 5.69 Å². The second-order valence-electron chi connectivity index (χ2n) is 8.22. The molecule has 8 nitrogen and oxygen atoms in total. The van der Waals surface area contributed by atoms with Crippen LogP contribution in [0.15, 0.2) is 48.5 Å². The maximum Gasteiger partial charge on any atom is 0.273 e. The fourth-order valence-electron chi connectivity index (χ4n) is 3.37. The zero-order valence-corrected chi connectivity index (χ0v) is 19.9. The van der Waals surface area contributed by atoms with Crippen LogP contribution in [0.25, 0.3) is 0 Å². The minimum atomic E-state index is -1.26. The van der Waals surface area contributed by atoms with Crippen LogP contribution in [0, 0.1) is 17.6 Å². The summed E-state index contributed by atoms with van der Waals surface area (Å²) in [4.78, 5) is 39.8. The van der Waals surface area contributed by atoms with Crippen LogP contribution in [0.3, 0.4) is 0 Å². The Labute approximate surface area is 205 Å². The lowest BCUT2D eigenvalue weighted by molar-refractivity contribution is -0.122. The molecular formula is C24H25F2N5O3S. The first-order valence-corrected chi connectivity index (χ1v) is 11.5. The number of amides is 3. The Kier molecular flexibility index (Phi) is 8.13. The highest BCUT2D eigenvalue weighted by atomic mass is 32.1. The van der Waals surface area contributed by atoms with E-state index in [0.717, 1.165) is 17.0 Å². The first-order chi connectivity index (χ1) is 16.6. The summed E-state index contributed by atoms with van der Waals surface area (Å²) in [6.45, 7) is 4.34. The molecule has 5 N–H and O–H groups in total. The summed E-state index contributed by atoms with van der Waals surface area (Å²) in [5.74, 6) is -2.95. The standard InChI is InChI=1S/C24H25F2N5O3S/c1-13(2)11-12-29-23(33)20(14-3-5-15(25)6-4-14)31(17-9-7-16(26)8-10-17)24(34)21-18(27)19(22(28)32)30-35-21/h3-10,13,20H,11-12,27H2,1-2H3,(H2,28,32)(H,29,33)/t20-/m1/s1. The van der Waals surface area contributed by atoms with E-state index >= 15 is 0 Å². The van der Waals surface area contributed by atoms with Crippen LogP contribution in [-0.2, 0) is 4.79 Å². The normalized spacial score (nSPS) is 11.8. The predicted molar refractivity (Wildman–Crippen MR) is 130 cm³/mol. The molecule has 1 heterocycles. The number of anilines is 2. The number of benzene rings is 2. The van der Waals surface area contributed by atoms with Crippen LogP contribution < -0.4 is 21.7 Å². The van der Waals surface area contributed by atoms with Gasteiger partial charge in [-0.15, -0.1) is 0 Å². The third-order valence-electron chi connectivity index (χ3n) is 5.19. The Morgan fingerprint density at radius 3 is 2.11 bits per heavy atom. The highest BCUT2D eigenvalue weighted by molar-refractivity contribution is 7.09. The quantitative estimate of drug-likeness (QED) is 0.412. The number of nitrogens with two attached hydrogens (primary N) is 2. The number of hydrogen-bond acceptors (Lipinski definition) is 6. The summed E-state index contributed by atoms with van der Waals surface area (Å²) in [6.07, 6.45) is 0.691. The number of nitrogens with one attached hydrogen (secondary N) is 1. The molecule has 35 heavy (non-hydrogen) atoms. The Morgan fingerprint density at radius 2 is 1.60 bits per heavy atom. The molecule has 184 valence electrons. The van der Waals surface area contributed by atoms with E-state index in [9.17, 15) is 23.2 Å². The largest absolute Gasteiger partial charge is 0.395 e. The minimum Gasteiger partial charge on any atom is -0.395 e. The molecule has 0 saturated heterocycles. The number of hydrogen-bond donors (Lipinski definition) is 3. The number of rotatable bonds is 9. The number of nitrogen functional groups attached to an aromatic ring is 1. The summed E-state index contributed by atoms with van der Waals surface area (Å²) >= 11 is 0.654. The molecule has 1 atom stereocenters. The molecule has 2 aromatic carbocycles. The summed E-state index contributed by atoms with van der Waals surface area (Å²) in [5.41, 5.74) is 11.3. The molecule has 11 heteroatoms. The lowest BCUT2D eigenvalue weighted by atomic mass is 10.0. The van der Waals surface area contributed by atoms with Crippen LogP contribution in [0.1, 0.15) is 52.0 Å². The number of carbonyl (C=O) groups is 3. The van der Waals surface area contributed by atoms with Crippen molar-refractivity contribution in [1.29, 1.82) is 0 Å². The van der Waals surface area contributed by atoms with Crippen LogP contribution >= 0.6 is 11.5 Å². The van der Waals surface area contributed by atoms with E-state index in [0.29, 0.717) is 36.0 Å². The van der Waals surface area contributed by atoms with E-state index in [2.05, 4.69) is 9.69 Å². The Bertz CT molecular complexity index is 1210. The molecule has 0 radical (unpaired) electrons. The summed E-state index contributed by atoms with van der Waals surface area (Å²) in [7, 11) is 0. The average molecular weight is 502 g/mol. The maximum atomic E-state index is 13.8. The van der Waals surface area contributed by atoms with Gasteiger partial charge in [0.1, 0.15) is 22.6 Å². The highest BCUT2D eigenvalue weighted by Crippen LogP contribution is 2.33. The Balaban J connectivity index is 2.14. The molecule has 0 spiro atoms. The van der Waals surface area contributed by atoms with E-state index in [-0.39, 0.29) is 21.9 Å². The van der Waals surface area contributed by atoms with Gasteiger partial charge >= 0.3 is 0 Å². The second-order valence-corrected chi connectivity index (χ2v) is 8.99. The first-order valence-electron chi connectivity index (χ1n) is 10.8. The molecule has 0 saturated carbocycles. The smallest absolute Gasteiger partial charge is 0.273 e. The van der Waals surface area contributed by atoms with Gasteiger partial charge in [-0.3, -0.25) is 19.3 Å². The van der Waals surface area contributed by atoms with Gasteiger partial charge in [0.15, 0.2) is 5.69 Å². The molecule has 3 rings (SSSR count). The highest BCUT2D eigenvalue weighted by Gasteiger charge is 2.36. The van der Waals surface area contributed by atoms with E-state index in [4.69, 9.17) is 11.5 Å². The van der Waals surface area contributed by atoms with Crippen molar-refractivity contribution >= 4 is 40.6 Å². The number of aromatic nitrogens is 1. The van der Waals surface area contributed by atoms with E-state index < -0.39 is 35.4 Å². The lowest BCUT2D eigenvalue weighted by Crippen LogP contribution is -2.44. The summed E-state index contributed by atoms with van der Waals surface area (Å²) < 4.78 is 31.2. The van der Waals surface area contributed by atoms with Gasteiger partial charge in [0.2, 0.25) is 5.91 Å². The average Bonchev–Trinajstić information content (AvgIpc) is 3.20. The van der Waals surface area contributed by atoms with Crippen molar-refractivity contribution in [2.24, 2.45) is 11.7 Å². The zero-order chi connectivity index (χ0) is 25.7. The molecule has 3 amide bonds. The van der Waals surface area contributed by atoms with Crippen LogP contribution in [0.2, 0.25) is 0 Å². The van der Waals surface area contributed by atoms with E-state index in [1.165, 1.54) is 36.4 Å². The third kappa shape index (κ3) is 5.99. The monoisotopic (exact) mass is 501 g/mol. The van der Waals surface area contributed by atoms with Crippen LogP contribution in [0.5, 0.6) is 0 Å². The molecule has 1 aromatic heterocycles. The lowest BCUT2D eigenvalue weighted by Gasteiger charge is -2.31. The Hall–Kier alpha value is -3.86. The van der Waals surface area contributed by atoms with Crippen molar-refractivity contribution in [2.45, 2.75) is 26.3 Å². The summed E-state index contributed by atoms with van der Waals surface area (Å²) in [5, 5.41) is 2.81. The van der Waals surface area contributed by atoms with Crippen molar-refractivity contribution in [1.82, 2.24) is 9.69 Å². The van der Waals surface area contributed by atoms with Crippen molar-refractivity contribution in [3.05, 3.63) is 76.3 Å². The van der Waals surface area contributed by atoms with E-state index in [1.54, 1.807) is 0 Å². The number of nitrogens with zero attached hydrogens (tertiary/aromatic N) is 2. The molecule has 0 unspecified atom stereocenters. The second kappa shape index (κ2) is 11.0.